The Kier molecular flexibility index (Phi) is 4.44. The van der Waals surface area contributed by atoms with E-state index in [1.54, 1.807) is 24.3 Å². The van der Waals surface area contributed by atoms with Crippen molar-refractivity contribution in [2.45, 2.75) is 32.2 Å². The van der Waals surface area contributed by atoms with E-state index in [1.165, 1.54) is 0 Å². The van der Waals surface area contributed by atoms with Gasteiger partial charge in [-0.25, -0.2) is 0 Å². The first-order valence-electron chi connectivity index (χ1n) is 5.03. The van der Waals surface area contributed by atoms with Crippen LogP contribution in [0.15, 0.2) is 18.2 Å². The van der Waals surface area contributed by atoms with Crippen LogP contribution in [-0.2, 0) is 6.61 Å². The lowest BCUT2D eigenvalue weighted by molar-refractivity contribution is 0.0215. The van der Waals surface area contributed by atoms with Gasteiger partial charge in [0.2, 0.25) is 0 Å². The predicted octanol–water partition coefficient (Wildman–Crippen LogP) is 0.795. The Morgan fingerprint density at radius 3 is 2.62 bits per heavy atom. The second-order valence-corrected chi connectivity index (χ2v) is 3.72. The molecule has 0 saturated heterocycles. The standard InChI is InChI=1S/C12H15NO3/c1-8-2-3-9(6-10(8)7-14)12(16)11(15)4-5-13/h2-3,6,11-12,14-16H,4,7H2,1H3. The van der Waals surface area contributed by atoms with Crippen molar-refractivity contribution in [3.63, 3.8) is 0 Å². The van der Waals surface area contributed by atoms with E-state index >= 15 is 0 Å². The van der Waals surface area contributed by atoms with E-state index < -0.39 is 12.2 Å². The summed E-state index contributed by atoms with van der Waals surface area (Å²) in [6.45, 7) is 1.74. The highest BCUT2D eigenvalue weighted by Gasteiger charge is 2.18. The summed E-state index contributed by atoms with van der Waals surface area (Å²) in [6, 6.07) is 6.89. The highest BCUT2D eigenvalue weighted by atomic mass is 16.3. The number of aliphatic hydroxyl groups excluding tert-OH is 3. The van der Waals surface area contributed by atoms with Crippen molar-refractivity contribution < 1.29 is 15.3 Å². The molecule has 4 heteroatoms. The van der Waals surface area contributed by atoms with Gasteiger partial charge in [-0.05, 0) is 23.6 Å². The zero-order valence-corrected chi connectivity index (χ0v) is 9.09. The largest absolute Gasteiger partial charge is 0.392 e. The fourth-order valence-corrected chi connectivity index (χ4v) is 1.47. The molecule has 86 valence electrons. The van der Waals surface area contributed by atoms with E-state index in [0.717, 1.165) is 5.56 Å². The van der Waals surface area contributed by atoms with Crippen LogP contribution in [0.2, 0.25) is 0 Å². The lowest BCUT2D eigenvalue weighted by Gasteiger charge is -2.16. The normalized spacial score (nSPS) is 14.2. The average molecular weight is 221 g/mol. The van der Waals surface area contributed by atoms with E-state index in [0.29, 0.717) is 11.1 Å². The first kappa shape index (κ1) is 12.7. The maximum atomic E-state index is 9.75. The molecule has 0 bridgehead atoms. The number of nitriles is 1. The highest BCUT2D eigenvalue weighted by molar-refractivity contribution is 5.32. The van der Waals surface area contributed by atoms with E-state index in [1.807, 2.05) is 6.92 Å². The van der Waals surface area contributed by atoms with Gasteiger partial charge in [0.15, 0.2) is 0 Å². The lowest BCUT2D eigenvalue weighted by Crippen LogP contribution is -2.17. The minimum absolute atomic E-state index is 0.110. The number of nitrogens with zero attached hydrogens (tertiary/aromatic N) is 1. The quantitative estimate of drug-likeness (QED) is 0.702. The molecule has 3 N–H and O–H groups in total. The second-order valence-electron chi connectivity index (χ2n) is 3.72. The second kappa shape index (κ2) is 5.61. The van der Waals surface area contributed by atoms with E-state index in [-0.39, 0.29) is 13.0 Å². The fraction of sp³-hybridized carbons (Fsp3) is 0.417. The Morgan fingerprint density at radius 1 is 1.38 bits per heavy atom. The molecule has 16 heavy (non-hydrogen) atoms. The van der Waals surface area contributed by atoms with Crippen LogP contribution in [0.3, 0.4) is 0 Å². The Balaban J connectivity index is 2.92. The molecule has 2 unspecified atom stereocenters. The first-order chi connectivity index (χ1) is 7.60. The molecule has 0 radical (unpaired) electrons. The summed E-state index contributed by atoms with van der Waals surface area (Å²) >= 11 is 0. The summed E-state index contributed by atoms with van der Waals surface area (Å²) in [5, 5.41) is 36.7. The molecule has 0 aromatic heterocycles. The summed E-state index contributed by atoms with van der Waals surface area (Å²) in [5.41, 5.74) is 2.14. The zero-order chi connectivity index (χ0) is 12.1. The molecule has 1 rings (SSSR count). The average Bonchev–Trinajstić information content (AvgIpc) is 2.29. The molecule has 2 atom stereocenters. The highest BCUT2D eigenvalue weighted by Crippen LogP contribution is 2.21. The Labute approximate surface area is 94.4 Å². The van der Waals surface area contributed by atoms with E-state index in [4.69, 9.17) is 10.4 Å². The van der Waals surface area contributed by atoms with E-state index in [2.05, 4.69) is 0 Å². The summed E-state index contributed by atoms with van der Waals surface area (Å²) in [6.07, 6.45) is -2.31. The van der Waals surface area contributed by atoms with Crippen LogP contribution in [0, 0.1) is 18.3 Å². The van der Waals surface area contributed by atoms with Gasteiger partial charge in [0.1, 0.15) is 6.10 Å². The molecule has 0 saturated carbocycles. The molecule has 0 spiro atoms. The summed E-state index contributed by atoms with van der Waals surface area (Å²) in [4.78, 5) is 0. The van der Waals surface area contributed by atoms with Gasteiger partial charge in [-0.3, -0.25) is 0 Å². The Bertz CT molecular complexity index is 398. The van der Waals surface area contributed by atoms with Gasteiger partial charge in [0.25, 0.3) is 0 Å². The van der Waals surface area contributed by atoms with Gasteiger partial charge in [-0.2, -0.15) is 5.26 Å². The lowest BCUT2D eigenvalue weighted by atomic mass is 9.98. The van der Waals surface area contributed by atoms with Gasteiger partial charge >= 0.3 is 0 Å². The smallest absolute Gasteiger partial charge is 0.106 e. The minimum Gasteiger partial charge on any atom is -0.392 e. The van der Waals surface area contributed by atoms with Gasteiger partial charge in [-0.15, -0.1) is 0 Å². The molecule has 4 nitrogen and oxygen atoms in total. The SMILES string of the molecule is Cc1ccc(C(O)C(O)CC#N)cc1CO. The number of aliphatic hydroxyl groups is 3. The number of aryl methyl sites for hydroxylation is 1. The third-order valence-electron chi connectivity index (χ3n) is 2.55. The molecule has 0 aliphatic rings. The van der Waals surface area contributed by atoms with Gasteiger partial charge in [-0.1, -0.05) is 18.2 Å². The number of rotatable bonds is 4. The monoisotopic (exact) mass is 221 g/mol. The predicted molar refractivity (Wildman–Crippen MR) is 58.3 cm³/mol. The van der Waals surface area contributed by atoms with Crippen molar-refractivity contribution in [1.82, 2.24) is 0 Å². The Morgan fingerprint density at radius 2 is 2.06 bits per heavy atom. The fourth-order valence-electron chi connectivity index (χ4n) is 1.47. The van der Waals surface area contributed by atoms with Crippen molar-refractivity contribution in [3.05, 3.63) is 34.9 Å². The summed E-state index contributed by atoms with van der Waals surface area (Å²) in [7, 11) is 0. The Hall–Kier alpha value is -1.41. The van der Waals surface area contributed by atoms with Crippen LogP contribution < -0.4 is 0 Å². The van der Waals surface area contributed by atoms with Gasteiger partial charge in [0, 0.05) is 0 Å². The molecule has 0 heterocycles. The minimum atomic E-state index is -1.10. The van der Waals surface area contributed by atoms with Crippen LogP contribution in [0.5, 0.6) is 0 Å². The van der Waals surface area contributed by atoms with Crippen LogP contribution in [-0.4, -0.2) is 21.4 Å². The molecule has 0 amide bonds. The summed E-state index contributed by atoms with van der Waals surface area (Å²) < 4.78 is 0. The molecule has 0 fully saturated rings. The van der Waals surface area contributed by atoms with Gasteiger partial charge in [0.05, 0.1) is 25.2 Å². The van der Waals surface area contributed by atoms with Crippen LogP contribution in [0.4, 0.5) is 0 Å². The molecular weight excluding hydrogens is 206 g/mol. The molecule has 0 aliphatic heterocycles. The number of hydrogen-bond acceptors (Lipinski definition) is 4. The third kappa shape index (κ3) is 2.80. The zero-order valence-electron chi connectivity index (χ0n) is 9.09. The number of benzene rings is 1. The third-order valence-corrected chi connectivity index (χ3v) is 2.55. The van der Waals surface area contributed by atoms with Crippen molar-refractivity contribution in [2.24, 2.45) is 0 Å². The topological polar surface area (TPSA) is 84.5 Å². The van der Waals surface area contributed by atoms with Crippen LogP contribution >= 0.6 is 0 Å². The van der Waals surface area contributed by atoms with Crippen LogP contribution in [0.25, 0.3) is 0 Å². The van der Waals surface area contributed by atoms with Crippen molar-refractivity contribution in [3.8, 4) is 6.07 Å². The number of hydrogen-bond donors (Lipinski definition) is 3. The maximum absolute atomic E-state index is 9.75. The molecule has 0 aliphatic carbocycles. The van der Waals surface area contributed by atoms with Gasteiger partial charge < -0.3 is 15.3 Å². The van der Waals surface area contributed by atoms with Crippen molar-refractivity contribution >= 4 is 0 Å². The van der Waals surface area contributed by atoms with E-state index in [9.17, 15) is 10.2 Å². The van der Waals surface area contributed by atoms with Crippen LogP contribution in [0.1, 0.15) is 29.2 Å². The molecule has 1 aromatic rings. The molecular formula is C12H15NO3. The maximum Gasteiger partial charge on any atom is 0.106 e. The van der Waals surface area contributed by atoms with Crippen molar-refractivity contribution in [1.29, 1.82) is 5.26 Å². The first-order valence-corrected chi connectivity index (χ1v) is 5.03. The summed E-state index contributed by atoms with van der Waals surface area (Å²) in [5.74, 6) is 0. The molecule has 1 aromatic carbocycles. The van der Waals surface area contributed by atoms with Crippen molar-refractivity contribution in [2.75, 3.05) is 0 Å².